The van der Waals surface area contributed by atoms with Gasteiger partial charge in [0.05, 0.1) is 0 Å². The van der Waals surface area contributed by atoms with Crippen LogP contribution >= 0.6 is 0 Å². The Labute approximate surface area is 146 Å². The monoisotopic (exact) mass is 358 g/mol. The molecule has 0 aromatic heterocycles. The maximum atomic E-state index is 12.5. The summed E-state index contributed by atoms with van der Waals surface area (Å²) in [6.07, 6.45) is -2.23. The first-order valence-electron chi connectivity index (χ1n) is 8.54. The normalized spacial score (nSPS) is 17.2. The molecule has 0 spiro atoms. The number of ether oxygens (including phenoxy) is 1. The van der Waals surface area contributed by atoms with Crippen molar-refractivity contribution in [2.24, 2.45) is 11.8 Å². The van der Waals surface area contributed by atoms with Gasteiger partial charge in [-0.2, -0.15) is 0 Å². The number of nitrogens with one attached hydrogen (secondary N) is 1. The topological polar surface area (TPSA) is 41.6 Å². The van der Waals surface area contributed by atoms with E-state index in [4.69, 9.17) is 0 Å². The largest absolute Gasteiger partial charge is 0.573 e. The van der Waals surface area contributed by atoms with E-state index in [-0.39, 0.29) is 24.1 Å². The van der Waals surface area contributed by atoms with Crippen molar-refractivity contribution in [3.05, 3.63) is 29.8 Å². The second kappa shape index (κ2) is 8.56. The number of nitrogens with zero attached hydrogens (tertiary/aromatic N) is 1. The van der Waals surface area contributed by atoms with Gasteiger partial charge in [-0.25, -0.2) is 0 Å². The van der Waals surface area contributed by atoms with Crippen LogP contribution in [0.15, 0.2) is 24.3 Å². The lowest BCUT2D eigenvalue weighted by molar-refractivity contribution is -0.275. The molecule has 1 fully saturated rings. The van der Waals surface area contributed by atoms with Crippen molar-refractivity contribution in [1.82, 2.24) is 10.2 Å². The molecule has 1 aromatic carbocycles. The highest BCUT2D eigenvalue weighted by atomic mass is 19.4. The molecule has 1 aliphatic heterocycles. The third kappa shape index (κ3) is 6.23. The summed E-state index contributed by atoms with van der Waals surface area (Å²) in [5.74, 6) is 0.451. The second-order valence-corrected chi connectivity index (χ2v) is 6.67. The number of amides is 1. The van der Waals surface area contributed by atoms with Crippen molar-refractivity contribution >= 4 is 5.91 Å². The van der Waals surface area contributed by atoms with E-state index in [1.165, 1.54) is 17.0 Å². The number of rotatable bonds is 6. The van der Waals surface area contributed by atoms with Crippen molar-refractivity contribution in [3.8, 4) is 5.75 Å². The molecule has 2 rings (SSSR count). The highest BCUT2D eigenvalue weighted by Gasteiger charge is 2.32. The molecule has 1 aliphatic rings. The first-order valence-corrected chi connectivity index (χ1v) is 8.54. The van der Waals surface area contributed by atoms with Gasteiger partial charge in [0.1, 0.15) is 5.75 Å². The van der Waals surface area contributed by atoms with Crippen LogP contribution in [0.25, 0.3) is 0 Å². The van der Waals surface area contributed by atoms with Crippen LogP contribution in [-0.2, 0) is 11.3 Å². The standard InChI is InChI=1S/C18H25F3N2O2/c1-13(14-7-9-22-10-8-14)11-17(24)23(2)12-15-5-3-4-6-16(15)25-18(19,20)21/h3-6,13-14,22H,7-12H2,1-2H3. The van der Waals surface area contributed by atoms with E-state index in [0.29, 0.717) is 17.9 Å². The van der Waals surface area contributed by atoms with E-state index < -0.39 is 6.36 Å². The van der Waals surface area contributed by atoms with Crippen molar-refractivity contribution in [3.63, 3.8) is 0 Å². The lowest BCUT2D eigenvalue weighted by Crippen LogP contribution is -2.34. The van der Waals surface area contributed by atoms with Crippen LogP contribution in [-0.4, -0.2) is 37.3 Å². The lowest BCUT2D eigenvalue weighted by Gasteiger charge is -2.29. The number of hydrogen-bond acceptors (Lipinski definition) is 3. The van der Waals surface area contributed by atoms with Crippen LogP contribution in [0.4, 0.5) is 13.2 Å². The average Bonchev–Trinajstić information content (AvgIpc) is 2.56. The van der Waals surface area contributed by atoms with Crippen LogP contribution < -0.4 is 10.1 Å². The van der Waals surface area contributed by atoms with Crippen LogP contribution in [0.3, 0.4) is 0 Å². The van der Waals surface area contributed by atoms with E-state index in [2.05, 4.69) is 17.0 Å². The summed E-state index contributed by atoms with van der Waals surface area (Å²) in [5, 5.41) is 3.30. The minimum Gasteiger partial charge on any atom is -0.405 e. The predicted octanol–water partition coefficient (Wildman–Crippen LogP) is 3.57. The number of carbonyl (C=O) groups excluding carboxylic acids is 1. The molecule has 7 heteroatoms. The van der Waals surface area contributed by atoms with E-state index in [0.717, 1.165) is 25.9 Å². The minimum absolute atomic E-state index is 0.0622. The van der Waals surface area contributed by atoms with Gasteiger partial charge in [-0.05, 0) is 43.8 Å². The van der Waals surface area contributed by atoms with Gasteiger partial charge in [0.25, 0.3) is 0 Å². The van der Waals surface area contributed by atoms with Gasteiger partial charge in [0, 0.05) is 25.6 Å². The van der Waals surface area contributed by atoms with Gasteiger partial charge in [-0.15, -0.1) is 13.2 Å². The number of hydrogen-bond donors (Lipinski definition) is 1. The number of benzene rings is 1. The van der Waals surface area contributed by atoms with Crippen molar-refractivity contribution in [2.45, 2.75) is 39.1 Å². The maximum absolute atomic E-state index is 12.5. The Hall–Kier alpha value is -1.76. The molecule has 0 aliphatic carbocycles. The molecule has 1 atom stereocenters. The van der Waals surface area contributed by atoms with Crippen molar-refractivity contribution in [2.75, 3.05) is 20.1 Å². The number of para-hydroxylation sites is 1. The van der Waals surface area contributed by atoms with Gasteiger partial charge >= 0.3 is 6.36 Å². The molecule has 0 bridgehead atoms. The molecule has 1 amide bonds. The van der Waals surface area contributed by atoms with Crippen LogP contribution in [0.5, 0.6) is 5.75 Å². The maximum Gasteiger partial charge on any atom is 0.573 e. The number of carbonyl (C=O) groups is 1. The molecular formula is C18H25F3N2O2. The molecule has 25 heavy (non-hydrogen) atoms. The number of halogens is 3. The Morgan fingerprint density at radius 1 is 1.32 bits per heavy atom. The number of alkyl halides is 3. The summed E-state index contributed by atoms with van der Waals surface area (Å²) in [6.45, 7) is 4.11. The Balaban J connectivity index is 1.94. The Morgan fingerprint density at radius 3 is 2.60 bits per heavy atom. The molecule has 140 valence electrons. The van der Waals surface area contributed by atoms with Crippen molar-refractivity contribution in [1.29, 1.82) is 0 Å². The zero-order chi connectivity index (χ0) is 18.4. The summed E-state index contributed by atoms with van der Waals surface area (Å²) >= 11 is 0. The van der Waals surface area contributed by atoms with Gasteiger partial charge in [-0.3, -0.25) is 4.79 Å². The molecule has 1 unspecified atom stereocenters. The molecular weight excluding hydrogens is 333 g/mol. The molecule has 1 aromatic rings. The fourth-order valence-corrected chi connectivity index (χ4v) is 3.21. The lowest BCUT2D eigenvalue weighted by atomic mass is 9.84. The third-order valence-corrected chi connectivity index (χ3v) is 4.72. The first-order chi connectivity index (χ1) is 11.8. The van der Waals surface area contributed by atoms with Crippen LogP contribution in [0.1, 0.15) is 31.7 Å². The molecule has 0 saturated carbocycles. The summed E-state index contributed by atoms with van der Waals surface area (Å²) in [5.41, 5.74) is 0.338. The zero-order valence-corrected chi connectivity index (χ0v) is 14.6. The third-order valence-electron chi connectivity index (χ3n) is 4.72. The van der Waals surface area contributed by atoms with E-state index >= 15 is 0 Å². The zero-order valence-electron chi connectivity index (χ0n) is 14.6. The van der Waals surface area contributed by atoms with E-state index in [9.17, 15) is 18.0 Å². The average molecular weight is 358 g/mol. The highest BCUT2D eigenvalue weighted by Crippen LogP contribution is 2.28. The van der Waals surface area contributed by atoms with Gasteiger partial charge in [0.2, 0.25) is 5.91 Å². The van der Waals surface area contributed by atoms with Crippen molar-refractivity contribution < 1.29 is 22.7 Å². The highest BCUT2D eigenvalue weighted by molar-refractivity contribution is 5.76. The summed E-state index contributed by atoms with van der Waals surface area (Å²) in [7, 11) is 1.61. The van der Waals surface area contributed by atoms with E-state index in [1.54, 1.807) is 19.2 Å². The molecule has 1 N–H and O–H groups in total. The van der Waals surface area contributed by atoms with Crippen LogP contribution in [0, 0.1) is 11.8 Å². The molecule has 1 heterocycles. The second-order valence-electron chi connectivity index (χ2n) is 6.67. The summed E-state index contributed by atoms with van der Waals surface area (Å²) < 4.78 is 41.5. The molecule has 0 radical (unpaired) electrons. The molecule has 1 saturated heterocycles. The van der Waals surface area contributed by atoms with Gasteiger partial charge in [-0.1, -0.05) is 25.1 Å². The molecule has 4 nitrogen and oxygen atoms in total. The van der Waals surface area contributed by atoms with E-state index in [1.807, 2.05) is 0 Å². The fraction of sp³-hybridized carbons (Fsp3) is 0.611. The minimum atomic E-state index is -4.75. The smallest absolute Gasteiger partial charge is 0.405 e. The Kier molecular flexibility index (Phi) is 6.70. The number of piperidine rings is 1. The van der Waals surface area contributed by atoms with Gasteiger partial charge < -0.3 is 15.0 Å². The van der Waals surface area contributed by atoms with Gasteiger partial charge in [0.15, 0.2) is 0 Å². The Morgan fingerprint density at radius 2 is 1.96 bits per heavy atom. The first kappa shape index (κ1) is 19.6. The predicted molar refractivity (Wildman–Crippen MR) is 89.0 cm³/mol. The quantitative estimate of drug-likeness (QED) is 0.845. The van der Waals surface area contributed by atoms with Crippen LogP contribution in [0.2, 0.25) is 0 Å². The Bertz CT molecular complexity index is 572. The summed E-state index contributed by atoms with van der Waals surface area (Å²) in [4.78, 5) is 13.9. The SMILES string of the molecule is CC(CC(=O)N(C)Cc1ccccc1OC(F)(F)F)C1CCNCC1. The summed E-state index contributed by atoms with van der Waals surface area (Å²) in [6, 6.07) is 5.92. The fourth-order valence-electron chi connectivity index (χ4n) is 3.21.